The van der Waals surface area contributed by atoms with Crippen molar-refractivity contribution in [1.29, 1.82) is 0 Å². The lowest BCUT2D eigenvalue weighted by atomic mass is 10.2. The van der Waals surface area contributed by atoms with Crippen molar-refractivity contribution in [2.24, 2.45) is 4.99 Å². The van der Waals surface area contributed by atoms with Crippen molar-refractivity contribution in [2.45, 2.75) is 26.7 Å². The Labute approximate surface area is 264 Å². The standard InChI is InChI=1S/C41H37NP2/c1-3-32-19-11-15-27-38(32)44(39-28-16-12-20-33(39)4-2)40-29-17-13-21-34(40)31-42-37-26-14-18-30-41(37)43(35-22-7-5-8-23-35)36-24-9-6-10-25-36/h5-31H,3-4H2,1-2H3. The minimum absolute atomic E-state index is 0.763. The van der Waals surface area contributed by atoms with Gasteiger partial charge >= 0.3 is 0 Å². The first-order valence-corrected chi connectivity index (χ1v) is 18.0. The van der Waals surface area contributed by atoms with E-state index in [4.69, 9.17) is 4.99 Å². The van der Waals surface area contributed by atoms with Gasteiger partial charge in [0.1, 0.15) is 0 Å². The monoisotopic (exact) mass is 605 g/mol. The third-order valence-corrected chi connectivity index (χ3v) is 13.1. The molecule has 6 aromatic carbocycles. The van der Waals surface area contributed by atoms with Crippen LogP contribution in [0.5, 0.6) is 0 Å². The average molecular weight is 606 g/mol. The zero-order chi connectivity index (χ0) is 30.1. The molecule has 6 aromatic rings. The van der Waals surface area contributed by atoms with Crippen molar-refractivity contribution in [2.75, 3.05) is 0 Å². The average Bonchev–Trinajstić information content (AvgIpc) is 3.10. The van der Waals surface area contributed by atoms with Crippen molar-refractivity contribution >= 4 is 59.6 Å². The van der Waals surface area contributed by atoms with Gasteiger partial charge in [-0.2, -0.15) is 0 Å². The molecule has 0 unspecified atom stereocenters. The number of aliphatic imine (C=N–C) groups is 1. The molecule has 0 spiro atoms. The summed E-state index contributed by atoms with van der Waals surface area (Å²) < 4.78 is 0. The van der Waals surface area contributed by atoms with Crippen molar-refractivity contribution in [3.05, 3.63) is 174 Å². The van der Waals surface area contributed by atoms with Gasteiger partial charge in [0.15, 0.2) is 0 Å². The van der Waals surface area contributed by atoms with Crippen LogP contribution in [-0.2, 0) is 12.8 Å². The molecule has 0 saturated heterocycles. The summed E-state index contributed by atoms with van der Waals surface area (Å²) in [4.78, 5) is 5.27. The molecule has 0 aliphatic carbocycles. The molecular weight excluding hydrogens is 568 g/mol. The van der Waals surface area contributed by atoms with E-state index in [2.05, 4.69) is 178 Å². The Morgan fingerprint density at radius 1 is 0.432 bits per heavy atom. The van der Waals surface area contributed by atoms with Crippen LogP contribution >= 0.6 is 15.8 Å². The first-order valence-electron chi connectivity index (χ1n) is 15.4. The van der Waals surface area contributed by atoms with Crippen molar-refractivity contribution < 1.29 is 0 Å². The van der Waals surface area contributed by atoms with Gasteiger partial charge in [-0.15, -0.1) is 0 Å². The van der Waals surface area contributed by atoms with Gasteiger partial charge in [-0.05, 0) is 72.4 Å². The van der Waals surface area contributed by atoms with E-state index in [0.29, 0.717) is 0 Å². The molecule has 0 atom stereocenters. The van der Waals surface area contributed by atoms with Gasteiger partial charge in [-0.1, -0.05) is 166 Å². The van der Waals surface area contributed by atoms with Crippen LogP contribution in [0.25, 0.3) is 0 Å². The van der Waals surface area contributed by atoms with Gasteiger partial charge in [0.05, 0.1) is 5.69 Å². The van der Waals surface area contributed by atoms with E-state index in [-0.39, 0.29) is 0 Å². The van der Waals surface area contributed by atoms with Gasteiger partial charge < -0.3 is 0 Å². The second-order valence-electron chi connectivity index (χ2n) is 10.6. The normalized spacial score (nSPS) is 11.5. The molecule has 0 saturated carbocycles. The van der Waals surface area contributed by atoms with Crippen molar-refractivity contribution in [3.63, 3.8) is 0 Å². The molecule has 0 heterocycles. The molecular formula is C41H37NP2. The summed E-state index contributed by atoms with van der Waals surface area (Å²) in [6.45, 7) is 4.53. The van der Waals surface area contributed by atoms with E-state index in [1.54, 1.807) is 0 Å². The summed E-state index contributed by atoms with van der Waals surface area (Å²) in [5.74, 6) is 0. The van der Waals surface area contributed by atoms with Crippen LogP contribution in [0, 0.1) is 0 Å². The second kappa shape index (κ2) is 14.5. The number of benzene rings is 6. The molecule has 0 fully saturated rings. The van der Waals surface area contributed by atoms with Gasteiger partial charge in [-0.25, -0.2) is 0 Å². The third-order valence-electron chi connectivity index (χ3n) is 7.90. The number of rotatable bonds is 10. The van der Waals surface area contributed by atoms with Crippen LogP contribution in [0.1, 0.15) is 30.5 Å². The number of hydrogen-bond donors (Lipinski definition) is 0. The Hall–Kier alpha value is -4.15. The lowest BCUT2D eigenvalue weighted by Gasteiger charge is -2.25. The Bertz CT molecular complexity index is 1760. The molecule has 0 amide bonds. The summed E-state index contributed by atoms with van der Waals surface area (Å²) >= 11 is 0. The summed E-state index contributed by atoms with van der Waals surface area (Å²) in [6.07, 6.45) is 4.13. The molecule has 0 aliphatic rings. The lowest BCUT2D eigenvalue weighted by Crippen LogP contribution is -2.27. The molecule has 0 bridgehead atoms. The van der Waals surface area contributed by atoms with Crippen LogP contribution in [-0.4, -0.2) is 6.21 Å². The predicted octanol–water partition coefficient (Wildman–Crippen LogP) is 8.08. The van der Waals surface area contributed by atoms with E-state index >= 15 is 0 Å². The Balaban J connectivity index is 1.48. The van der Waals surface area contributed by atoms with Crippen LogP contribution in [0.4, 0.5) is 5.69 Å². The largest absolute Gasteiger partial charge is 0.256 e. The maximum atomic E-state index is 5.27. The fraction of sp³-hybridized carbons (Fsp3) is 0.0976. The SMILES string of the molecule is CCc1ccccc1P(c1ccccc1C=Nc1ccccc1P(c1ccccc1)c1ccccc1)c1ccccc1CC. The summed E-state index contributed by atoms with van der Waals surface area (Å²) in [6, 6.07) is 57.3. The molecule has 0 radical (unpaired) electrons. The topological polar surface area (TPSA) is 12.4 Å². The van der Waals surface area contributed by atoms with E-state index in [1.807, 2.05) is 0 Å². The predicted molar refractivity (Wildman–Crippen MR) is 196 cm³/mol. The van der Waals surface area contributed by atoms with Crippen molar-refractivity contribution in [3.8, 4) is 0 Å². The minimum Gasteiger partial charge on any atom is -0.256 e. The van der Waals surface area contributed by atoms with Crippen LogP contribution in [0.15, 0.2) is 163 Å². The maximum absolute atomic E-state index is 5.27. The zero-order valence-electron chi connectivity index (χ0n) is 25.3. The van der Waals surface area contributed by atoms with E-state index in [9.17, 15) is 0 Å². The first-order chi connectivity index (χ1) is 21.8. The zero-order valence-corrected chi connectivity index (χ0v) is 27.1. The maximum Gasteiger partial charge on any atom is 0.0713 e. The molecule has 6 rings (SSSR count). The smallest absolute Gasteiger partial charge is 0.0713 e. The van der Waals surface area contributed by atoms with Crippen molar-refractivity contribution in [1.82, 2.24) is 0 Å². The molecule has 0 N–H and O–H groups in total. The summed E-state index contributed by atoms with van der Waals surface area (Å²) in [5, 5.41) is 8.13. The van der Waals surface area contributed by atoms with Crippen LogP contribution < -0.4 is 31.8 Å². The van der Waals surface area contributed by atoms with E-state index < -0.39 is 15.8 Å². The van der Waals surface area contributed by atoms with Gasteiger partial charge in [0.2, 0.25) is 0 Å². The highest BCUT2D eigenvalue weighted by Gasteiger charge is 2.23. The molecule has 1 nitrogen and oxygen atoms in total. The highest BCUT2D eigenvalue weighted by Crippen LogP contribution is 2.38. The van der Waals surface area contributed by atoms with Gasteiger partial charge in [0.25, 0.3) is 0 Å². The quantitative estimate of drug-likeness (QED) is 0.111. The fourth-order valence-corrected chi connectivity index (χ4v) is 11.0. The Morgan fingerprint density at radius 2 is 0.864 bits per heavy atom. The van der Waals surface area contributed by atoms with Gasteiger partial charge in [-0.3, -0.25) is 4.99 Å². The Morgan fingerprint density at radius 3 is 1.41 bits per heavy atom. The fourth-order valence-electron chi connectivity index (χ4n) is 5.73. The molecule has 0 aromatic heterocycles. The number of aryl methyl sites for hydroxylation is 2. The number of nitrogens with zero attached hydrogens (tertiary/aromatic N) is 1. The first kappa shape index (κ1) is 29.9. The van der Waals surface area contributed by atoms with Crippen LogP contribution in [0.3, 0.4) is 0 Å². The minimum atomic E-state index is -0.780. The summed E-state index contributed by atoms with van der Waals surface area (Å²) in [7, 11) is -1.54. The number of hydrogen-bond acceptors (Lipinski definition) is 1. The molecule has 3 heteroatoms. The highest BCUT2D eigenvalue weighted by atomic mass is 31.1. The molecule has 0 aliphatic heterocycles. The highest BCUT2D eigenvalue weighted by molar-refractivity contribution is 7.80. The van der Waals surface area contributed by atoms with Gasteiger partial charge in [0, 0.05) is 17.1 Å². The second-order valence-corrected chi connectivity index (χ2v) is 14.9. The summed E-state index contributed by atoms with van der Waals surface area (Å²) in [5.41, 5.74) is 5.03. The molecule has 44 heavy (non-hydrogen) atoms. The third kappa shape index (κ3) is 6.51. The Kier molecular flexibility index (Phi) is 9.89. The van der Waals surface area contributed by atoms with E-state index in [1.165, 1.54) is 48.5 Å². The van der Waals surface area contributed by atoms with E-state index in [0.717, 1.165) is 18.5 Å². The lowest BCUT2D eigenvalue weighted by molar-refractivity contribution is 1.15. The van der Waals surface area contributed by atoms with Crippen LogP contribution in [0.2, 0.25) is 0 Å². The molecule has 216 valence electrons. The number of para-hydroxylation sites is 1.